The molecule has 1 amide bonds. The normalized spacial score (nSPS) is 19.2. The first-order chi connectivity index (χ1) is 13.6. The number of carbonyl (C=O) groups is 2. The Balaban J connectivity index is 1.75. The number of esters is 1. The number of benzene rings is 3. The summed E-state index contributed by atoms with van der Waals surface area (Å²) in [5.74, 6) is -0.425. The van der Waals surface area contributed by atoms with E-state index < -0.39 is 0 Å². The Morgan fingerprint density at radius 3 is 2.50 bits per heavy atom. The molecule has 4 nitrogen and oxygen atoms in total. The number of methoxy groups -OCH3 is 1. The molecule has 142 valence electrons. The fourth-order valence-corrected chi connectivity index (χ4v) is 4.12. The number of ether oxygens (including phenoxy) is 1. The number of hydrogen-bond donors (Lipinski definition) is 0. The first-order valence-electron chi connectivity index (χ1n) is 9.20. The van der Waals surface area contributed by atoms with Gasteiger partial charge in [0, 0.05) is 23.0 Å². The van der Waals surface area contributed by atoms with Crippen LogP contribution in [0.3, 0.4) is 0 Å². The summed E-state index contributed by atoms with van der Waals surface area (Å²) in [7, 11) is 1.37. The number of amides is 1. The molecule has 5 heteroatoms. The third kappa shape index (κ3) is 3.48. The van der Waals surface area contributed by atoms with Gasteiger partial charge in [0.15, 0.2) is 0 Å². The van der Waals surface area contributed by atoms with Crippen molar-refractivity contribution >= 4 is 39.9 Å². The molecule has 3 aromatic carbocycles. The highest BCUT2D eigenvalue weighted by Gasteiger charge is 2.42. The van der Waals surface area contributed by atoms with Crippen molar-refractivity contribution in [2.45, 2.75) is 24.8 Å². The van der Waals surface area contributed by atoms with Crippen molar-refractivity contribution in [3.05, 3.63) is 77.3 Å². The molecule has 2 atom stereocenters. The van der Waals surface area contributed by atoms with E-state index in [4.69, 9.17) is 16.3 Å². The minimum Gasteiger partial charge on any atom is -0.469 e. The summed E-state index contributed by atoms with van der Waals surface area (Å²) in [6.07, 6.45) is 0.491. The highest BCUT2D eigenvalue weighted by Crippen LogP contribution is 2.40. The van der Waals surface area contributed by atoms with Crippen molar-refractivity contribution in [1.29, 1.82) is 0 Å². The average Bonchev–Trinajstić information content (AvgIpc) is 3.04. The summed E-state index contributed by atoms with van der Waals surface area (Å²) in [5, 5.41) is 2.87. The number of nitrogens with zero attached hydrogens (tertiary/aromatic N) is 1. The van der Waals surface area contributed by atoms with E-state index in [9.17, 15) is 9.59 Å². The molecular weight excluding hydrogens is 374 g/mol. The Kier molecular flexibility index (Phi) is 5.05. The van der Waals surface area contributed by atoms with Crippen LogP contribution in [-0.4, -0.2) is 25.0 Å². The van der Waals surface area contributed by atoms with Crippen molar-refractivity contribution < 1.29 is 14.3 Å². The number of rotatable bonds is 4. The predicted molar refractivity (Wildman–Crippen MR) is 111 cm³/mol. The summed E-state index contributed by atoms with van der Waals surface area (Å²) in [5.41, 5.74) is 1.80. The van der Waals surface area contributed by atoms with Crippen LogP contribution in [0, 0.1) is 0 Å². The van der Waals surface area contributed by atoms with Crippen LogP contribution in [0.5, 0.6) is 0 Å². The molecule has 0 saturated carbocycles. The van der Waals surface area contributed by atoms with Crippen LogP contribution in [0.1, 0.15) is 24.3 Å². The molecule has 4 rings (SSSR count). The van der Waals surface area contributed by atoms with Gasteiger partial charge in [-0.15, -0.1) is 0 Å². The van der Waals surface area contributed by atoms with Gasteiger partial charge in [-0.3, -0.25) is 9.59 Å². The van der Waals surface area contributed by atoms with E-state index in [-0.39, 0.29) is 30.3 Å². The highest BCUT2D eigenvalue weighted by molar-refractivity contribution is 6.30. The molecule has 0 radical (unpaired) electrons. The molecule has 0 aliphatic carbocycles. The van der Waals surface area contributed by atoms with E-state index in [2.05, 4.69) is 30.3 Å². The van der Waals surface area contributed by atoms with E-state index in [1.165, 1.54) is 7.11 Å². The van der Waals surface area contributed by atoms with Gasteiger partial charge in [0.25, 0.3) is 0 Å². The van der Waals surface area contributed by atoms with E-state index in [0.29, 0.717) is 11.4 Å². The molecule has 3 aromatic rings. The second-order valence-corrected chi connectivity index (χ2v) is 7.44. The summed E-state index contributed by atoms with van der Waals surface area (Å²) in [6.45, 7) is 0. The fraction of sp³-hybridized carbons (Fsp3) is 0.217. The van der Waals surface area contributed by atoms with E-state index >= 15 is 0 Å². The summed E-state index contributed by atoms with van der Waals surface area (Å²) >= 11 is 6.00. The third-order valence-corrected chi connectivity index (χ3v) is 5.62. The van der Waals surface area contributed by atoms with Gasteiger partial charge in [-0.05, 0) is 40.6 Å². The van der Waals surface area contributed by atoms with Gasteiger partial charge in [-0.2, -0.15) is 0 Å². The van der Waals surface area contributed by atoms with Crippen LogP contribution >= 0.6 is 11.6 Å². The fourth-order valence-electron chi connectivity index (χ4n) is 3.99. The zero-order valence-corrected chi connectivity index (χ0v) is 16.2. The lowest BCUT2D eigenvalue weighted by atomic mass is 9.88. The molecule has 0 aromatic heterocycles. The molecular formula is C23H20ClNO3. The molecule has 1 aliphatic heterocycles. The van der Waals surface area contributed by atoms with Crippen LogP contribution in [0.2, 0.25) is 5.02 Å². The molecule has 1 fully saturated rings. The average molecular weight is 394 g/mol. The second-order valence-electron chi connectivity index (χ2n) is 7.00. The molecule has 1 aliphatic rings. The van der Waals surface area contributed by atoms with Crippen molar-refractivity contribution in [3.63, 3.8) is 0 Å². The molecule has 0 spiro atoms. The first kappa shape index (κ1) is 18.5. The quantitative estimate of drug-likeness (QED) is 0.589. The molecule has 1 heterocycles. The predicted octanol–water partition coefficient (Wildman–Crippen LogP) is 4.95. The lowest BCUT2D eigenvalue weighted by Crippen LogP contribution is -2.36. The molecule has 0 bridgehead atoms. The minimum absolute atomic E-state index is 0.00520. The largest absolute Gasteiger partial charge is 0.469 e. The monoisotopic (exact) mass is 393 g/mol. The van der Waals surface area contributed by atoms with Gasteiger partial charge < -0.3 is 9.64 Å². The lowest BCUT2D eigenvalue weighted by Gasteiger charge is -2.28. The zero-order valence-electron chi connectivity index (χ0n) is 15.5. The summed E-state index contributed by atoms with van der Waals surface area (Å²) < 4.78 is 4.91. The Morgan fingerprint density at radius 2 is 1.79 bits per heavy atom. The molecule has 28 heavy (non-hydrogen) atoms. The number of hydrogen-bond acceptors (Lipinski definition) is 3. The minimum atomic E-state index is -0.329. The van der Waals surface area contributed by atoms with E-state index in [1.54, 1.807) is 17.0 Å². The maximum absolute atomic E-state index is 12.9. The number of anilines is 1. The summed E-state index contributed by atoms with van der Waals surface area (Å²) in [4.78, 5) is 26.8. The van der Waals surface area contributed by atoms with Crippen LogP contribution < -0.4 is 4.90 Å². The van der Waals surface area contributed by atoms with Crippen LogP contribution in [-0.2, 0) is 14.3 Å². The maximum Gasteiger partial charge on any atom is 0.307 e. The van der Waals surface area contributed by atoms with Crippen molar-refractivity contribution in [2.75, 3.05) is 12.0 Å². The van der Waals surface area contributed by atoms with Gasteiger partial charge in [-0.25, -0.2) is 0 Å². The van der Waals surface area contributed by atoms with Gasteiger partial charge >= 0.3 is 5.97 Å². The molecule has 1 saturated heterocycles. The maximum atomic E-state index is 12.9. The Bertz CT molecular complexity index is 1030. The van der Waals surface area contributed by atoms with Crippen molar-refractivity contribution in [1.82, 2.24) is 0 Å². The van der Waals surface area contributed by atoms with Gasteiger partial charge in [0.2, 0.25) is 5.91 Å². The van der Waals surface area contributed by atoms with E-state index in [1.807, 2.05) is 24.3 Å². The standard InChI is InChI=1S/C23H20ClNO3/c1-28-23(27)14-21-20(17-7-6-15-4-2-3-5-16(15)12-17)13-22(26)25(21)19-10-8-18(24)9-11-19/h2-12,20-21H,13-14H2,1H3/t20-,21-/m1/s1. The van der Waals surface area contributed by atoms with E-state index in [0.717, 1.165) is 22.0 Å². The number of halogens is 1. The Labute approximate surface area is 168 Å². The molecule has 0 unspecified atom stereocenters. The van der Waals surface area contributed by atoms with Crippen molar-refractivity contribution in [3.8, 4) is 0 Å². The van der Waals surface area contributed by atoms with Gasteiger partial charge in [0.1, 0.15) is 0 Å². The zero-order chi connectivity index (χ0) is 19.7. The van der Waals surface area contributed by atoms with Gasteiger partial charge in [0.05, 0.1) is 19.6 Å². The van der Waals surface area contributed by atoms with Gasteiger partial charge in [-0.1, -0.05) is 54.1 Å². The summed E-state index contributed by atoms with van der Waals surface area (Å²) in [6, 6.07) is 21.2. The third-order valence-electron chi connectivity index (χ3n) is 5.37. The van der Waals surface area contributed by atoms with Crippen LogP contribution in [0.25, 0.3) is 10.8 Å². The number of carbonyl (C=O) groups excluding carboxylic acids is 2. The first-order valence-corrected chi connectivity index (χ1v) is 9.58. The molecule has 0 N–H and O–H groups in total. The van der Waals surface area contributed by atoms with Crippen LogP contribution in [0.4, 0.5) is 5.69 Å². The van der Waals surface area contributed by atoms with Crippen molar-refractivity contribution in [2.24, 2.45) is 0 Å². The Morgan fingerprint density at radius 1 is 1.07 bits per heavy atom. The second kappa shape index (κ2) is 7.64. The smallest absolute Gasteiger partial charge is 0.307 e. The highest BCUT2D eigenvalue weighted by atomic mass is 35.5. The Hall–Kier alpha value is -2.85. The SMILES string of the molecule is COC(=O)C[C@@H]1[C@@H](c2ccc3ccccc3c2)CC(=O)N1c1ccc(Cl)cc1. The lowest BCUT2D eigenvalue weighted by molar-refractivity contribution is -0.141. The van der Waals surface area contributed by atoms with Crippen LogP contribution in [0.15, 0.2) is 66.7 Å². The topological polar surface area (TPSA) is 46.6 Å². The number of fused-ring (bicyclic) bond motifs is 1.